The summed E-state index contributed by atoms with van der Waals surface area (Å²) >= 11 is 0. The van der Waals surface area contributed by atoms with Crippen molar-refractivity contribution in [3.63, 3.8) is 0 Å². The maximum atomic E-state index is 13.1. The number of hydrogen-bond acceptors (Lipinski definition) is 5. The minimum absolute atomic E-state index is 0. The van der Waals surface area contributed by atoms with Crippen LogP contribution in [0.2, 0.25) is 0 Å². The van der Waals surface area contributed by atoms with Crippen LogP contribution in [-0.2, 0) is 21.0 Å². The molecule has 33 heavy (non-hydrogen) atoms. The van der Waals surface area contributed by atoms with E-state index in [0.717, 1.165) is 22.5 Å². The third kappa shape index (κ3) is 7.54. The number of likely N-dealkylation sites (tertiary alicyclic amines) is 1. The lowest BCUT2D eigenvalue weighted by Gasteiger charge is -2.39. The van der Waals surface area contributed by atoms with Crippen LogP contribution in [0.3, 0.4) is 0 Å². The molecule has 0 spiro atoms. The van der Waals surface area contributed by atoms with Gasteiger partial charge < -0.3 is 15.3 Å². The Morgan fingerprint density at radius 3 is 2.36 bits per heavy atom. The molecule has 1 atom stereocenters. The van der Waals surface area contributed by atoms with Crippen LogP contribution in [0.25, 0.3) is 0 Å². The summed E-state index contributed by atoms with van der Waals surface area (Å²) in [4.78, 5) is 14.0. The molecule has 7 nitrogen and oxygen atoms in total. The highest BCUT2D eigenvalue weighted by atomic mass is 35.5. The highest BCUT2D eigenvalue weighted by Crippen LogP contribution is 2.32. The van der Waals surface area contributed by atoms with Crippen LogP contribution in [0.5, 0.6) is 0 Å². The number of halogens is 4. The SMILES string of the molecule is CNC(CC(C)C)C(=O)N1CCC(N(CCO)S(=O)(=O)c2cccc(C(F)(F)F)c2)CC1.Cl. The quantitative estimate of drug-likeness (QED) is 0.528. The van der Waals surface area contributed by atoms with Gasteiger partial charge in [-0.15, -0.1) is 12.4 Å². The molecule has 0 aromatic heterocycles. The van der Waals surface area contributed by atoms with E-state index in [1.807, 2.05) is 13.8 Å². The van der Waals surface area contributed by atoms with E-state index in [4.69, 9.17) is 0 Å². The summed E-state index contributed by atoms with van der Waals surface area (Å²) in [5, 5.41) is 12.5. The lowest BCUT2D eigenvalue weighted by molar-refractivity contribution is -0.137. The number of sulfonamides is 1. The third-order valence-corrected chi connectivity index (χ3v) is 7.57. The predicted octanol–water partition coefficient (Wildman–Crippen LogP) is 2.74. The van der Waals surface area contributed by atoms with Crippen LogP contribution in [0.4, 0.5) is 13.2 Å². The van der Waals surface area contributed by atoms with E-state index in [1.54, 1.807) is 11.9 Å². The number of nitrogens with zero attached hydrogens (tertiary/aromatic N) is 2. The Bertz CT molecular complexity index is 876. The van der Waals surface area contributed by atoms with Gasteiger partial charge in [0.2, 0.25) is 15.9 Å². The van der Waals surface area contributed by atoms with Crippen molar-refractivity contribution in [1.82, 2.24) is 14.5 Å². The molecule has 1 unspecified atom stereocenters. The van der Waals surface area contributed by atoms with Gasteiger partial charge in [0.15, 0.2) is 0 Å². The minimum Gasteiger partial charge on any atom is -0.395 e. The fourth-order valence-corrected chi connectivity index (χ4v) is 5.70. The monoisotopic (exact) mass is 515 g/mol. The van der Waals surface area contributed by atoms with Gasteiger partial charge in [0, 0.05) is 25.7 Å². The molecule has 0 bridgehead atoms. The Labute approximate surface area is 199 Å². The Morgan fingerprint density at radius 2 is 1.88 bits per heavy atom. The van der Waals surface area contributed by atoms with Crippen LogP contribution in [0.1, 0.15) is 38.7 Å². The molecular formula is C21H33ClF3N3O4S. The molecule has 1 aliphatic heterocycles. The number of nitrogens with one attached hydrogen (secondary N) is 1. The van der Waals surface area contributed by atoms with Gasteiger partial charge in [0.05, 0.1) is 23.1 Å². The number of benzene rings is 1. The smallest absolute Gasteiger partial charge is 0.395 e. The molecule has 1 saturated heterocycles. The second kappa shape index (κ2) is 12.3. The van der Waals surface area contributed by atoms with E-state index < -0.39 is 39.3 Å². The Kier molecular flexibility index (Phi) is 11.1. The first-order valence-corrected chi connectivity index (χ1v) is 12.1. The second-order valence-electron chi connectivity index (χ2n) is 8.39. The van der Waals surface area contributed by atoms with Crippen LogP contribution >= 0.6 is 12.4 Å². The second-order valence-corrected chi connectivity index (χ2v) is 10.3. The molecule has 1 heterocycles. The summed E-state index contributed by atoms with van der Waals surface area (Å²) in [6, 6.07) is 2.76. The van der Waals surface area contributed by atoms with Crippen molar-refractivity contribution in [2.45, 2.75) is 56.3 Å². The van der Waals surface area contributed by atoms with Crippen molar-refractivity contribution in [1.29, 1.82) is 0 Å². The summed E-state index contributed by atoms with van der Waals surface area (Å²) in [6.07, 6.45) is -3.32. The molecule has 1 aromatic carbocycles. The molecule has 190 valence electrons. The van der Waals surface area contributed by atoms with E-state index in [9.17, 15) is 31.5 Å². The number of amides is 1. The predicted molar refractivity (Wildman–Crippen MR) is 122 cm³/mol. The first kappa shape index (κ1) is 29.6. The third-order valence-electron chi connectivity index (χ3n) is 5.63. The number of likely N-dealkylation sites (N-methyl/N-ethyl adjacent to an activating group) is 1. The fourth-order valence-electron chi connectivity index (χ4n) is 3.97. The van der Waals surface area contributed by atoms with Gasteiger partial charge in [0.25, 0.3) is 0 Å². The zero-order valence-electron chi connectivity index (χ0n) is 19.0. The normalized spacial score (nSPS) is 16.7. The number of piperidine rings is 1. The zero-order chi connectivity index (χ0) is 24.1. The number of aliphatic hydroxyl groups excluding tert-OH is 1. The number of carbonyl (C=O) groups excluding carboxylic acids is 1. The highest BCUT2D eigenvalue weighted by Gasteiger charge is 2.37. The first-order chi connectivity index (χ1) is 14.9. The average molecular weight is 516 g/mol. The van der Waals surface area contributed by atoms with E-state index in [1.165, 1.54) is 0 Å². The molecule has 1 amide bonds. The zero-order valence-corrected chi connectivity index (χ0v) is 20.6. The summed E-state index contributed by atoms with van der Waals surface area (Å²) in [6.45, 7) is 4.02. The lowest BCUT2D eigenvalue weighted by atomic mass is 10.00. The van der Waals surface area contributed by atoms with Crippen molar-refractivity contribution in [3.05, 3.63) is 29.8 Å². The largest absolute Gasteiger partial charge is 0.416 e. The van der Waals surface area contributed by atoms with Gasteiger partial charge in [-0.2, -0.15) is 17.5 Å². The summed E-state index contributed by atoms with van der Waals surface area (Å²) in [7, 11) is -2.54. The van der Waals surface area contributed by atoms with Gasteiger partial charge >= 0.3 is 6.18 Å². The fraction of sp³-hybridized carbons (Fsp3) is 0.667. The summed E-state index contributed by atoms with van der Waals surface area (Å²) in [5.41, 5.74) is -1.05. The number of rotatable bonds is 9. The van der Waals surface area contributed by atoms with E-state index in [0.29, 0.717) is 44.3 Å². The van der Waals surface area contributed by atoms with Crippen LogP contribution in [-0.4, -0.2) is 74.0 Å². The van der Waals surface area contributed by atoms with Gasteiger partial charge in [-0.05, 0) is 50.4 Å². The van der Waals surface area contributed by atoms with Crippen molar-refractivity contribution in [2.75, 3.05) is 33.3 Å². The maximum absolute atomic E-state index is 13.1. The van der Waals surface area contributed by atoms with Crippen molar-refractivity contribution >= 4 is 28.3 Å². The number of hydrogen-bond donors (Lipinski definition) is 2. The summed E-state index contributed by atoms with van der Waals surface area (Å²) in [5.74, 6) is 0.278. The molecule has 0 radical (unpaired) electrons. The molecule has 12 heteroatoms. The van der Waals surface area contributed by atoms with Gasteiger partial charge in [-0.1, -0.05) is 19.9 Å². The van der Waals surface area contributed by atoms with Crippen molar-refractivity contribution in [2.24, 2.45) is 5.92 Å². The minimum atomic E-state index is -4.67. The highest BCUT2D eigenvalue weighted by molar-refractivity contribution is 7.89. The number of alkyl halides is 3. The van der Waals surface area contributed by atoms with E-state index in [2.05, 4.69) is 5.32 Å². The maximum Gasteiger partial charge on any atom is 0.416 e. The molecule has 0 aliphatic carbocycles. The average Bonchev–Trinajstić information content (AvgIpc) is 2.74. The lowest BCUT2D eigenvalue weighted by Crippen LogP contribution is -2.53. The number of carbonyl (C=O) groups is 1. The standard InChI is InChI=1S/C21H32F3N3O4S.ClH/c1-15(2)13-19(25-3)20(29)26-9-7-17(8-10-26)27(11-12-28)32(30,31)18-6-4-5-16(14-18)21(22,23)24;/h4-6,14-15,17,19,25,28H,7-13H2,1-3H3;1H. The molecule has 1 aliphatic rings. The van der Waals surface area contributed by atoms with Crippen LogP contribution in [0.15, 0.2) is 29.2 Å². The van der Waals surface area contributed by atoms with E-state index in [-0.39, 0.29) is 30.9 Å². The Balaban J connectivity index is 0.00000544. The van der Waals surface area contributed by atoms with Crippen molar-refractivity contribution in [3.8, 4) is 0 Å². The number of aliphatic hydroxyl groups is 1. The molecule has 2 N–H and O–H groups in total. The van der Waals surface area contributed by atoms with Gasteiger partial charge in [-0.3, -0.25) is 4.79 Å². The molecule has 2 rings (SSSR count). The first-order valence-electron chi connectivity index (χ1n) is 10.7. The van der Waals surface area contributed by atoms with Crippen LogP contribution in [0, 0.1) is 5.92 Å². The van der Waals surface area contributed by atoms with Crippen molar-refractivity contribution < 1.29 is 31.5 Å². The van der Waals surface area contributed by atoms with Crippen LogP contribution < -0.4 is 5.32 Å². The van der Waals surface area contributed by atoms with Gasteiger partial charge in [-0.25, -0.2) is 8.42 Å². The molecule has 1 aromatic rings. The summed E-state index contributed by atoms with van der Waals surface area (Å²) < 4.78 is 66.5. The Morgan fingerprint density at radius 1 is 1.27 bits per heavy atom. The van der Waals surface area contributed by atoms with E-state index >= 15 is 0 Å². The topological polar surface area (TPSA) is 89.9 Å². The molecular weight excluding hydrogens is 483 g/mol. The molecule has 1 fully saturated rings. The Hall–Kier alpha value is -1.40. The van der Waals surface area contributed by atoms with Gasteiger partial charge in [0.1, 0.15) is 0 Å². The molecule has 0 saturated carbocycles.